The molecule has 1 fully saturated rings. The number of hydrogen-bond donors (Lipinski definition) is 1. The number of nitrogen functional groups attached to an aromatic ring is 1. The number of morpholine rings is 1. The van der Waals surface area contributed by atoms with E-state index in [0.29, 0.717) is 29.1 Å². The van der Waals surface area contributed by atoms with Gasteiger partial charge in [0.05, 0.1) is 24.9 Å². The molecule has 1 atom stereocenters. The first-order chi connectivity index (χ1) is 10.1. The highest BCUT2D eigenvalue weighted by molar-refractivity contribution is 7.21. The number of ether oxygens (including phenoxy) is 1. The summed E-state index contributed by atoms with van der Waals surface area (Å²) < 4.78 is 19.3. The van der Waals surface area contributed by atoms with E-state index in [1.165, 1.54) is 23.5 Å². The van der Waals surface area contributed by atoms with Gasteiger partial charge in [-0.2, -0.15) is 5.26 Å². The summed E-state index contributed by atoms with van der Waals surface area (Å²) in [5.41, 5.74) is 6.27. The van der Waals surface area contributed by atoms with Gasteiger partial charge in [-0.15, -0.1) is 11.3 Å². The molecule has 1 unspecified atom stereocenters. The van der Waals surface area contributed by atoms with E-state index >= 15 is 0 Å². The summed E-state index contributed by atoms with van der Waals surface area (Å²) in [5.74, 6) is -0.625. The third-order valence-electron chi connectivity index (χ3n) is 3.38. The van der Waals surface area contributed by atoms with Crippen LogP contribution in [0.3, 0.4) is 0 Å². The molecule has 1 aliphatic heterocycles. The fourth-order valence-corrected chi connectivity index (χ4v) is 3.37. The zero-order chi connectivity index (χ0) is 15.0. The van der Waals surface area contributed by atoms with E-state index in [1.807, 2.05) is 6.07 Å². The highest BCUT2D eigenvalue weighted by Gasteiger charge is 2.27. The molecule has 0 spiro atoms. The van der Waals surface area contributed by atoms with E-state index in [9.17, 15) is 9.18 Å². The normalized spacial score (nSPS) is 18.7. The van der Waals surface area contributed by atoms with Crippen molar-refractivity contribution >= 4 is 33.0 Å². The van der Waals surface area contributed by atoms with Crippen molar-refractivity contribution in [2.24, 2.45) is 0 Å². The summed E-state index contributed by atoms with van der Waals surface area (Å²) in [7, 11) is 0. The molecule has 2 N–H and O–H groups in total. The van der Waals surface area contributed by atoms with Crippen LogP contribution in [0, 0.1) is 17.1 Å². The highest BCUT2D eigenvalue weighted by atomic mass is 32.1. The first-order valence-corrected chi connectivity index (χ1v) is 7.20. The molecule has 1 amide bonds. The molecule has 0 aliphatic carbocycles. The fraction of sp³-hybridized carbons (Fsp3) is 0.286. The lowest BCUT2D eigenvalue weighted by atomic mass is 10.2. The van der Waals surface area contributed by atoms with Gasteiger partial charge in [-0.25, -0.2) is 4.39 Å². The molecule has 21 heavy (non-hydrogen) atoms. The van der Waals surface area contributed by atoms with Crippen molar-refractivity contribution in [2.45, 2.75) is 6.10 Å². The number of anilines is 1. The molecule has 1 aromatic carbocycles. The van der Waals surface area contributed by atoms with E-state index in [-0.39, 0.29) is 18.3 Å². The maximum atomic E-state index is 13.3. The second-order valence-electron chi connectivity index (χ2n) is 4.73. The number of amides is 1. The number of thiophene rings is 1. The number of nitriles is 1. The Morgan fingerprint density at radius 1 is 1.57 bits per heavy atom. The Balaban J connectivity index is 1.95. The maximum absolute atomic E-state index is 13.3. The Labute approximate surface area is 124 Å². The first kappa shape index (κ1) is 13.8. The van der Waals surface area contributed by atoms with Crippen LogP contribution < -0.4 is 5.73 Å². The van der Waals surface area contributed by atoms with Crippen LogP contribution in [-0.4, -0.2) is 36.6 Å². The van der Waals surface area contributed by atoms with E-state index in [0.717, 1.165) is 4.70 Å². The Hall–Kier alpha value is -2.17. The van der Waals surface area contributed by atoms with Crippen LogP contribution in [0.2, 0.25) is 0 Å². The molecule has 2 aromatic rings. The molecule has 7 heteroatoms. The predicted molar refractivity (Wildman–Crippen MR) is 77.5 cm³/mol. The van der Waals surface area contributed by atoms with Crippen molar-refractivity contribution in [1.29, 1.82) is 5.26 Å². The topological polar surface area (TPSA) is 79.4 Å². The molecule has 108 valence electrons. The lowest BCUT2D eigenvalue weighted by Crippen LogP contribution is -2.45. The highest BCUT2D eigenvalue weighted by Crippen LogP contribution is 2.35. The summed E-state index contributed by atoms with van der Waals surface area (Å²) in [5, 5.41) is 9.43. The molecule has 1 aromatic heterocycles. The van der Waals surface area contributed by atoms with Gasteiger partial charge in [0.25, 0.3) is 5.91 Å². The van der Waals surface area contributed by atoms with Gasteiger partial charge in [-0.3, -0.25) is 4.79 Å². The van der Waals surface area contributed by atoms with E-state index in [2.05, 4.69) is 0 Å². The van der Waals surface area contributed by atoms with Crippen LogP contribution >= 0.6 is 11.3 Å². The number of halogens is 1. The molecular formula is C14H12FN3O2S. The number of fused-ring (bicyclic) bond motifs is 1. The average molecular weight is 305 g/mol. The monoisotopic (exact) mass is 305 g/mol. The quantitative estimate of drug-likeness (QED) is 0.874. The lowest BCUT2D eigenvalue weighted by Gasteiger charge is -2.29. The van der Waals surface area contributed by atoms with E-state index in [4.69, 9.17) is 15.7 Å². The standard InChI is InChI=1S/C14H12FN3O2S/c15-8-1-2-11-10(5-8)12(17)13(21-11)14(19)18-3-4-20-9(6-16)7-18/h1-2,5,9H,3-4,7,17H2. The predicted octanol–water partition coefficient (Wildman–Crippen LogP) is 1.99. The summed E-state index contributed by atoms with van der Waals surface area (Å²) in [6.45, 7) is 0.958. The molecule has 0 bridgehead atoms. The van der Waals surface area contributed by atoms with Crippen LogP contribution in [0.25, 0.3) is 10.1 Å². The average Bonchev–Trinajstić information content (AvgIpc) is 2.83. The number of rotatable bonds is 1. The number of nitrogens with zero attached hydrogens (tertiary/aromatic N) is 2. The van der Waals surface area contributed by atoms with Crippen molar-refractivity contribution in [3.63, 3.8) is 0 Å². The Kier molecular flexibility index (Phi) is 3.49. The fourth-order valence-electron chi connectivity index (χ4n) is 2.30. The van der Waals surface area contributed by atoms with Gasteiger partial charge in [0, 0.05) is 16.6 Å². The van der Waals surface area contributed by atoms with Crippen LogP contribution in [-0.2, 0) is 4.74 Å². The third kappa shape index (κ3) is 2.44. The zero-order valence-electron chi connectivity index (χ0n) is 11.0. The SMILES string of the molecule is N#CC1CN(C(=O)c2sc3ccc(F)cc3c2N)CCO1. The zero-order valence-corrected chi connectivity index (χ0v) is 11.8. The number of benzene rings is 1. The van der Waals surface area contributed by atoms with E-state index in [1.54, 1.807) is 11.0 Å². The molecule has 1 saturated heterocycles. The molecule has 2 heterocycles. The Morgan fingerprint density at radius 2 is 2.38 bits per heavy atom. The minimum absolute atomic E-state index is 0.220. The molecule has 3 rings (SSSR count). The van der Waals surface area contributed by atoms with Gasteiger partial charge in [-0.05, 0) is 18.2 Å². The molecule has 5 nitrogen and oxygen atoms in total. The Bertz CT molecular complexity index is 752. The second-order valence-corrected chi connectivity index (χ2v) is 5.78. The molecule has 0 saturated carbocycles. The van der Waals surface area contributed by atoms with Gasteiger partial charge in [-0.1, -0.05) is 0 Å². The second kappa shape index (κ2) is 5.31. The smallest absolute Gasteiger partial charge is 0.266 e. The Morgan fingerprint density at radius 3 is 3.14 bits per heavy atom. The summed E-state index contributed by atoms with van der Waals surface area (Å²) in [6.07, 6.45) is -0.615. The number of hydrogen-bond acceptors (Lipinski definition) is 5. The molecular weight excluding hydrogens is 293 g/mol. The molecule has 1 aliphatic rings. The van der Waals surface area contributed by atoms with Crippen molar-refractivity contribution < 1.29 is 13.9 Å². The summed E-state index contributed by atoms with van der Waals surface area (Å²) in [6, 6.07) is 6.28. The van der Waals surface area contributed by atoms with Gasteiger partial charge >= 0.3 is 0 Å². The van der Waals surface area contributed by atoms with Crippen molar-refractivity contribution in [3.05, 3.63) is 28.9 Å². The number of carbonyl (C=O) groups excluding carboxylic acids is 1. The van der Waals surface area contributed by atoms with Gasteiger partial charge in [0.15, 0.2) is 6.10 Å². The van der Waals surface area contributed by atoms with Crippen molar-refractivity contribution in [3.8, 4) is 6.07 Å². The molecule has 0 radical (unpaired) electrons. The maximum Gasteiger partial charge on any atom is 0.266 e. The van der Waals surface area contributed by atoms with Crippen LogP contribution in [0.5, 0.6) is 0 Å². The minimum Gasteiger partial charge on any atom is -0.397 e. The first-order valence-electron chi connectivity index (χ1n) is 6.38. The van der Waals surface area contributed by atoms with Gasteiger partial charge < -0.3 is 15.4 Å². The van der Waals surface area contributed by atoms with Crippen LogP contribution in [0.4, 0.5) is 10.1 Å². The van der Waals surface area contributed by atoms with Gasteiger partial charge in [0.1, 0.15) is 10.7 Å². The van der Waals surface area contributed by atoms with Crippen LogP contribution in [0.1, 0.15) is 9.67 Å². The largest absolute Gasteiger partial charge is 0.397 e. The third-order valence-corrected chi connectivity index (χ3v) is 4.55. The van der Waals surface area contributed by atoms with Crippen molar-refractivity contribution in [2.75, 3.05) is 25.4 Å². The van der Waals surface area contributed by atoms with Crippen LogP contribution in [0.15, 0.2) is 18.2 Å². The summed E-state index contributed by atoms with van der Waals surface area (Å²) in [4.78, 5) is 14.5. The number of carbonyl (C=O) groups is 1. The lowest BCUT2D eigenvalue weighted by molar-refractivity contribution is 0.00374. The van der Waals surface area contributed by atoms with Crippen molar-refractivity contribution in [1.82, 2.24) is 4.90 Å². The van der Waals surface area contributed by atoms with E-state index < -0.39 is 6.10 Å². The number of nitrogens with two attached hydrogens (primary N) is 1. The van der Waals surface area contributed by atoms with Gasteiger partial charge in [0.2, 0.25) is 0 Å². The summed E-state index contributed by atoms with van der Waals surface area (Å²) >= 11 is 1.24. The minimum atomic E-state index is -0.615.